The Morgan fingerprint density at radius 3 is 2.04 bits per heavy atom. The molecule has 0 N–H and O–H groups in total. The zero-order valence-corrected chi connectivity index (χ0v) is 15.8. The summed E-state index contributed by atoms with van der Waals surface area (Å²) in [6.07, 6.45) is 21.9. The number of unbranched alkanes of at least 4 members (excludes halogenated alkanes) is 4. The highest BCUT2D eigenvalue weighted by Gasteiger charge is 2.42. The van der Waals surface area contributed by atoms with Gasteiger partial charge in [-0.1, -0.05) is 84.5 Å². The van der Waals surface area contributed by atoms with Crippen molar-refractivity contribution in [3.05, 3.63) is 0 Å². The molecule has 23 heavy (non-hydrogen) atoms. The number of carbonyl (C=O) groups excluding carboxylic acids is 1. The summed E-state index contributed by atoms with van der Waals surface area (Å²) in [5.74, 6) is 2.29. The molecular formula is C22H40O. The molecule has 1 nitrogen and oxygen atoms in total. The highest BCUT2D eigenvalue weighted by atomic mass is 16.1. The summed E-state index contributed by atoms with van der Waals surface area (Å²) in [7, 11) is 0. The molecule has 1 atom stereocenters. The van der Waals surface area contributed by atoms with Crippen LogP contribution < -0.4 is 0 Å². The van der Waals surface area contributed by atoms with Crippen LogP contribution in [0.4, 0.5) is 0 Å². The molecular weight excluding hydrogens is 280 g/mol. The van der Waals surface area contributed by atoms with E-state index >= 15 is 0 Å². The fourth-order valence-electron chi connectivity index (χ4n) is 5.36. The third-order valence-corrected chi connectivity index (χ3v) is 7.18. The second-order valence-corrected chi connectivity index (χ2v) is 8.74. The van der Waals surface area contributed by atoms with E-state index in [9.17, 15) is 4.79 Å². The highest BCUT2D eigenvalue weighted by molar-refractivity contribution is 5.60. The number of aldehydes is 1. The van der Waals surface area contributed by atoms with Gasteiger partial charge < -0.3 is 4.79 Å². The highest BCUT2D eigenvalue weighted by Crippen LogP contribution is 2.48. The van der Waals surface area contributed by atoms with Crippen LogP contribution >= 0.6 is 0 Å². The fourth-order valence-corrected chi connectivity index (χ4v) is 5.36. The molecule has 1 unspecified atom stereocenters. The molecule has 0 saturated heterocycles. The maximum absolute atomic E-state index is 12.0. The van der Waals surface area contributed by atoms with Crippen LogP contribution in [-0.2, 0) is 4.79 Å². The summed E-state index contributed by atoms with van der Waals surface area (Å²) in [5, 5.41) is 0. The predicted octanol–water partition coefficient (Wildman–Crippen LogP) is 6.94. The van der Waals surface area contributed by atoms with Gasteiger partial charge >= 0.3 is 0 Å². The van der Waals surface area contributed by atoms with Gasteiger partial charge in [0.05, 0.1) is 0 Å². The first-order chi connectivity index (χ1) is 11.2. The molecule has 0 aromatic rings. The Kier molecular flexibility index (Phi) is 8.13. The molecule has 2 fully saturated rings. The van der Waals surface area contributed by atoms with Crippen molar-refractivity contribution in [1.29, 1.82) is 0 Å². The standard InChI is InChI=1S/C22H40O/c1-3-4-5-6-8-11-19-14-16-21(17-15-19)22(2,18-23)20-12-9-7-10-13-20/h18-21H,3-17H2,1-2H3. The molecule has 2 rings (SSSR count). The van der Waals surface area contributed by atoms with E-state index in [0.717, 1.165) is 5.92 Å². The van der Waals surface area contributed by atoms with E-state index in [1.54, 1.807) is 0 Å². The van der Waals surface area contributed by atoms with E-state index < -0.39 is 0 Å². The Morgan fingerprint density at radius 1 is 0.826 bits per heavy atom. The average Bonchev–Trinajstić information content (AvgIpc) is 2.62. The van der Waals surface area contributed by atoms with Crippen LogP contribution in [0.1, 0.15) is 110 Å². The van der Waals surface area contributed by atoms with Crippen LogP contribution in [0.2, 0.25) is 0 Å². The maximum atomic E-state index is 12.0. The van der Waals surface area contributed by atoms with E-state index in [0.29, 0.717) is 11.8 Å². The first-order valence-electron chi connectivity index (χ1n) is 10.7. The molecule has 2 saturated carbocycles. The maximum Gasteiger partial charge on any atom is 0.126 e. The molecule has 0 aliphatic heterocycles. The lowest BCUT2D eigenvalue weighted by molar-refractivity contribution is -0.124. The van der Waals surface area contributed by atoms with Gasteiger partial charge in [-0.05, 0) is 43.4 Å². The third-order valence-electron chi connectivity index (χ3n) is 7.18. The van der Waals surface area contributed by atoms with Gasteiger partial charge in [-0.25, -0.2) is 0 Å². The molecule has 0 heterocycles. The van der Waals surface area contributed by atoms with Crippen molar-refractivity contribution in [3.8, 4) is 0 Å². The molecule has 0 spiro atoms. The lowest BCUT2D eigenvalue weighted by Gasteiger charge is -2.44. The predicted molar refractivity (Wildman–Crippen MR) is 99.6 cm³/mol. The van der Waals surface area contributed by atoms with Crippen LogP contribution in [0.25, 0.3) is 0 Å². The van der Waals surface area contributed by atoms with E-state index in [4.69, 9.17) is 0 Å². The minimum Gasteiger partial charge on any atom is -0.303 e. The summed E-state index contributed by atoms with van der Waals surface area (Å²) < 4.78 is 0. The monoisotopic (exact) mass is 320 g/mol. The van der Waals surface area contributed by atoms with Crippen LogP contribution in [0.15, 0.2) is 0 Å². The Labute approximate surface area is 145 Å². The van der Waals surface area contributed by atoms with Crippen molar-refractivity contribution in [3.63, 3.8) is 0 Å². The zero-order chi connectivity index (χ0) is 16.5. The second kappa shape index (κ2) is 9.84. The molecule has 0 aromatic carbocycles. The summed E-state index contributed by atoms with van der Waals surface area (Å²) in [6.45, 7) is 4.59. The smallest absolute Gasteiger partial charge is 0.126 e. The number of carbonyl (C=O) groups is 1. The lowest BCUT2D eigenvalue weighted by Crippen LogP contribution is -2.40. The minimum atomic E-state index is -0.0213. The van der Waals surface area contributed by atoms with Crippen molar-refractivity contribution in [2.45, 2.75) is 110 Å². The third kappa shape index (κ3) is 5.33. The molecule has 2 aliphatic carbocycles. The molecule has 0 bridgehead atoms. The van der Waals surface area contributed by atoms with E-state index in [-0.39, 0.29) is 5.41 Å². The largest absolute Gasteiger partial charge is 0.303 e. The van der Waals surface area contributed by atoms with Gasteiger partial charge in [0.2, 0.25) is 0 Å². The van der Waals surface area contributed by atoms with Crippen LogP contribution in [0, 0.1) is 23.2 Å². The summed E-state index contributed by atoms with van der Waals surface area (Å²) in [4.78, 5) is 12.0. The lowest BCUT2D eigenvalue weighted by atomic mass is 9.59. The number of rotatable bonds is 9. The van der Waals surface area contributed by atoms with Gasteiger partial charge in [0.25, 0.3) is 0 Å². The van der Waals surface area contributed by atoms with Crippen molar-refractivity contribution in [1.82, 2.24) is 0 Å². The summed E-state index contributed by atoms with van der Waals surface area (Å²) >= 11 is 0. The molecule has 134 valence electrons. The Hall–Kier alpha value is -0.330. The molecule has 0 aromatic heterocycles. The molecule has 0 amide bonds. The van der Waals surface area contributed by atoms with Crippen LogP contribution in [0.3, 0.4) is 0 Å². The van der Waals surface area contributed by atoms with Crippen LogP contribution in [-0.4, -0.2) is 6.29 Å². The van der Waals surface area contributed by atoms with E-state index in [2.05, 4.69) is 13.8 Å². The van der Waals surface area contributed by atoms with Crippen molar-refractivity contribution in [2.75, 3.05) is 0 Å². The Bertz CT molecular complexity index is 323. The van der Waals surface area contributed by atoms with Crippen LogP contribution in [0.5, 0.6) is 0 Å². The van der Waals surface area contributed by atoms with E-state index in [1.165, 1.54) is 103 Å². The van der Waals surface area contributed by atoms with Gasteiger partial charge in [-0.2, -0.15) is 0 Å². The van der Waals surface area contributed by atoms with Crippen molar-refractivity contribution < 1.29 is 4.79 Å². The van der Waals surface area contributed by atoms with E-state index in [1.807, 2.05) is 0 Å². The second-order valence-electron chi connectivity index (χ2n) is 8.74. The topological polar surface area (TPSA) is 17.1 Å². The van der Waals surface area contributed by atoms with Crippen molar-refractivity contribution in [2.24, 2.45) is 23.2 Å². The Morgan fingerprint density at radius 2 is 1.43 bits per heavy atom. The normalized spacial score (nSPS) is 29.1. The van der Waals surface area contributed by atoms with Gasteiger partial charge in [-0.3, -0.25) is 0 Å². The van der Waals surface area contributed by atoms with Crippen molar-refractivity contribution >= 4 is 6.29 Å². The van der Waals surface area contributed by atoms with Gasteiger partial charge in [0.1, 0.15) is 6.29 Å². The summed E-state index contributed by atoms with van der Waals surface area (Å²) in [5.41, 5.74) is -0.0213. The number of hydrogen-bond acceptors (Lipinski definition) is 1. The van der Waals surface area contributed by atoms with Gasteiger partial charge in [0.15, 0.2) is 0 Å². The van der Waals surface area contributed by atoms with Gasteiger partial charge in [0, 0.05) is 5.41 Å². The number of hydrogen-bond donors (Lipinski definition) is 0. The molecule has 2 aliphatic rings. The summed E-state index contributed by atoms with van der Waals surface area (Å²) in [6, 6.07) is 0. The quantitative estimate of drug-likeness (QED) is 0.332. The first kappa shape index (κ1) is 19.0. The Balaban J connectivity index is 1.74. The fraction of sp³-hybridized carbons (Fsp3) is 0.955. The minimum absolute atomic E-state index is 0.0213. The zero-order valence-electron chi connectivity index (χ0n) is 15.8. The van der Waals surface area contributed by atoms with Gasteiger partial charge in [-0.15, -0.1) is 0 Å². The molecule has 1 heteroatoms. The average molecular weight is 321 g/mol. The first-order valence-corrected chi connectivity index (χ1v) is 10.7. The SMILES string of the molecule is CCCCCCCC1CCC(C(C)(C=O)C2CCCCC2)CC1. The molecule has 0 radical (unpaired) electrons.